The normalized spacial score (nSPS) is 18.4. The zero-order valence-electron chi connectivity index (χ0n) is 13.6. The largest absolute Gasteiger partial charge is 0.284 e. The quantitative estimate of drug-likeness (QED) is 0.846. The van der Waals surface area contributed by atoms with Crippen LogP contribution in [0.5, 0.6) is 0 Å². The summed E-state index contributed by atoms with van der Waals surface area (Å²) in [5, 5.41) is 0. The van der Waals surface area contributed by atoms with Crippen LogP contribution in [0, 0.1) is 0 Å². The topological polar surface area (TPSA) is 105 Å². The minimum atomic E-state index is -3.57. The molecule has 0 saturated heterocycles. The van der Waals surface area contributed by atoms with Crippen LogP contribution in [-0.4, -0.2) is 28.9 Å². The fourth-order valence-electron chi connectivity index (χ4n) is 2.54. The first kappa shape index (κ1) is 17.4. The molecule has 1 aliphatic rings. The molecule has 0 saturated carbocycles. The highest BCUT2D eigenvalue weighted by Gasteiger charge is 2.30. The summed E-state index contributed by atoms with van der Waals surface area (Å²) < 4.78 is 51.5. The molecule has 7 nitrogen and oxygen atoms in total. The van der Waals surface area contributed by atoms with E-state index in [-0.39, 0.29) is 10.9 Å². The molecule has 2 aromatic carbocycles. The summed E-state index contributed by atoms with van der Waals surface area (Å²) >= 11 is 0. The summed E-state index contributed by atoms with van der Waals surface area (Å²) in [5.74, 6) is 0.307. The van der Waals surface area contributed by atoms with Crippen molar-refractivity contribution in [3.63, 3.8) is 0 Å². The Morgan fingerprint density at radius 1 is 1.08 bits per heavy atom. The maximum absolute atomic E-state index is 12.1. The predicted molar refractivity (Wildman–Crippen MR) is 96.6 cm³/mol. The highest BCUT2D eigenvalue weighted by atomic mass is 32.2. The second-order valence-electron chi connectivity index (χ2n) is 5.75. The molecule has 132 valence electrons. The molecule has 2 aromatic rings. The van der Waals surface area contributed by atoms with Gasteiger partial charge < -0.3 is 0 Å². The summed E-state index contributed by atoms with van der Waals surface area (Å²) in [4.78, 5) is 4.69. The number of anilines is 1. The molecule has 1 heterocycles. The molecule has 0 aliphatic carbocycles. The van der Waals surface area contributed by atoms with Gasteiger partial charge >= 0.3 is 0 Å². The maximum atomic E-state index is 12.1. The number of benzene rings is 2. The first-order valence-corrected chi connectivity index (χ1v) is 10.8. The van der Waals surface area contributed by atoms with Gasteiger partial charge in [-0.15, -0.1) is 0 Å². The number of nitrogens with zero attached hydrogens (tertiary/aromatic N) is 1. The monoisotopic (exact) mass is 379 g/mol. The van der Waals surface area contributed by atoms with Crippen LogP contribution in [0.1, 0.15) is 24.1 Å². The van der Waals surface area contributed by atoms with Crippen molar-refractivity contribution in [2.24, 2.45) is 4.99 Å². The smallest absolute Gasteiger partial charge is 0.263 e. The summed E-state index contributed by atoms with van der Waals surface area (Å²) in [7, 11) is -6.90. The number of hydrogen-bond acceptors (Lipinski definition) is 5. The number of rotatable bonds is 4. The Kier molecular flexibility index (Phi) is 4.29. The summed E-state index contributed by atoms with van der Waals surface area (Å²) in [6.45, 7) is 1.83. The van der Waals surface area contributed by atoms with Gasteiger partial charge in [-0.1, -0.05) is 24.3 Å². The summed E-state index contributed by atoms with van der Waals surface area (Å²) in [6, 6.07) is 13.1. The van der Waals surface area contributed by atoms with Gasteiger partial charge in [0.05, 0.1) is 17.2 Å². The molecule has 0 radical (unpaired) electrons. The molecule has 2 N–H and O–H groups in total. The number of sulfonamides is 2. The summed E-state index contributed by atoms with van der Waals surface area (Å²) in [5.41, 5.74) is 1.83. The lowest BCUT2D eigenvalue weighted by Gasteiger charge is -2.10. The lowest BCUT2D eigenvalue weighted by molar-refractivity contribution is 0.594. The summed E-state index contributed by atoms with van der Waals surface area (Å²) in [6.07, 6.45) is 1.08. The zero-order valence-corrected chi connectivity index (χ0v) is 15.2. The van der Waals surface area contributed by atoms with Crippen LogP contribution in [-0.2, 0) is 20.0 Å². The van der Waals surface area contributed by atoms with Crippen molar-refractivity contribution >= 4 is 31.6 Å². The number of amidine groups is 1. The lowest BCUT2D eigenvalue weighted by Crippen LogP contribution is -2.22. The first-order valence-electron chi connectivity index (χ1n) is 7.43. The number of fused-ring (bicyclic) bond motifs is 1. The van der Waals surface area contributed by atoms with Crippen molar-refractivity contribution < 1.29 is 16.8 Å². The maximum Gasteiger partial charge on any atom is 0.263 e. The lowest BCUT2D eigenvalue weighted by atomic mass is 10.1. The Balaban J connectivity index is 1.88. The highest BCUT2D eigenvalue weighted by molar-refractivity contribution is 7.92. The molecule has 0 unspecified atom stereocenters. The minimum absolute atomic E-state index is 0.216. The van der Waals surface area contributed by atoms with Crippen LogP contribution in [0.3, 0.4) is 0 Å². The Bertz CT molecular complexity index is 1040. The van der Waals surface area contributed by atoms with Crippen molar-refractivity contribution in [3.05, 3.63) is 59.7 Å². The third-order valence-electron chi connectivity index (χ3n) is 3.68. The van der Waals surface area contributed by atoms with Gasteiger partial charge in [0.25, 0.3) is 10.0 Å². The SMILES string of the molecule is C[C@@H](N=C1NS(=O)(=O)c2ccccc21)c1ccc(NS(C)(=O)=O)cc1. The van der Waals surface area contributed by atoms with Gasteiger partial charge in [-0.2, -0.15) is 0 Å². The van der Waals surface area contributed by atoms with Gasteiger partial charge in [0.15, 0.2) is 0 Å². The van der Waals surface area contributed by atoms with E-state index in [1.54, 1.807) is 42.5 Å². The Hall–Kier alpha value is -2.39. The third kappa shape index (κ3) is 3.83. The molecule has 9 heteroatoms. The van der Waals surface area contributed by atoms with Crippen LogP contribution in [0.4, 0.5) is 5.69 Å². The van der Waals surface area contributed by atoms with Crippen LogP contribution in [0.2, 0.25) is 0 Å². The van der Waals surface area contributed by atoms with E-state index in [0.29, 0.717) is 17.1 Å². The van der Waals surface area contributed by atoms with Crippen molar-refractivity contribution in [1.29, 1.82) is 0 Å². The van der Waals surface area contributed by atoms with E-state index in [2.05, 4.69) is 14.4 Å². The predicted octanol–water partition coefficient (Wildman–Crippen LogP) is 1.86. The van der Waals surface area contributed by atoms with Crippen molar-refractivity contribution in [2.45, 2.75) is 17.9 Å². The van der Waals surface area contributed by atoms with Crippen molar-refractivity contribution in [2.75, 3.05) is 11.0 Å². The van der Waals surface area contributed by atoms with Crippen LogP contribution in [0.15, 0.2) is 58.4 Å². The van der Waals surface area contributed by atoms with E-state index >= 15 is 0 Å². The highest BCUT2D eigenvalue weighted by Crippen LogP contribution is 2.26. The van der Waals surface area contributed by atoms with E-state index in [1.165, 1.54) is 6.07 Å². The average molecular weight is 379 g/mol. The average Bonchev–Trinajstić information content (AvgIpc) is 2.78. The van der Waals surface area contributed by atoms with Crippen molar-refractivity contribution in [1.82, 2.24) is 4.72 Å². The number of hydrogen-bond donors (Lipinski definition) is 2. The van der Waals surface area contributed by atoms with Gasteiger partial charge in [-0.05, 0) is 36.8 Å². The Morgan fingerprint density at radius 2 is 1.72 bits per heavy atom. The fourth-order valence-corrected chi connectivity index (χ4v) is 4.35. The molecular weight excluding hydrogens is 362 g/mol. The van der Waals surface area contributed by atoms with Crippen molar-refractivity contribution in [3.8, 4) is 0 Å². The van der Waals surface area contributed by atoms with Gasteiger partial charge in [-0.25, -0.2) is 16.8 Å². The van der Waals surface area contributed by atoms with Crippen LogP contribution in [0.25, 0.3) is 0 Å². The van der Waals surface area contributed by atoms with Gasteiger partial charge in [0.2, 0.25) is 10.0 Å². The van der Waals surface area contributed by atoms with E-state index < -0.39 is 20.0 Å². The second-order valence-corrected chi connectivity index (χ2v) is 9.15. The Morgan fingerprint density at radius 3 is 2.36 bits per heavy atom. The van der Waals surface area contributed by atoms with E-state index in [1.807, 2.05) is 6.92 Å². The molecule has 1 atom stereocenters. The molecule has 25 heavy (non-hydrogen) atoms. The second kappa shape index (κ2) is 6.16. The minimum Gasteiger partial charge on any atom is -0.284 e. The standard InChI is InChI=1S/C16H17N3O4S2/c1-11(12-7-9-13(10-8-12)18-24(2,20)21)17-16-14-5-3-4-6-15(14)25(22,23)19-16/h3-11,18H,1-2H3,(H,17,19)/t11-/m1/s1. The molecule has 0 aromatic heterocycles. The third-order valence-corrected chi connectivity index (χ3v) is 5.69. The molecule has 0 amide bonds. The molecule has 1 aliphatic heterocycles. The Labute approximate surface area is 146 Å². The van der Waals surface area contributed by atoms with E-state index in [0.717, 1.165) is 11.8 Å². The zero-order chi connectivity index (χ0) is 18.2. The van der Waals surface area contributed by atoms with Gasteiger partial charge in [-0.3, -0.25) is 14.4 Å². The molecule has 3 rings (SSSR count). The molecule has 0 bridgehead atoms. The van der Waals surface area contributed by atoms with Gasteiger partial charge in [0, 0.05) is 11.3 Å². The van der Waals surface area contributed by atoms with E-state index in [9.17, 15) is 16.8 Å². The van der Waals surface area contributed by atoms with Crippen LogP contribution >= 0.6 is 0 Å². The van der Waals surface area contributed by atoms with E-state index in [4.69, 9.17) is 0 Å². The van der Waals surface area contributed by atoms with Crippen LogP contribution < -0.4 is 9.44 Å². The fraction of sp³-hybridized carbons (Fsp3) is 0.188. The number of aliphatic imine (C=N–C) groups is 1. The first-order chi connectivity index (χ1) is 11.7. The molecule has 0 spiro atoms. The molecular formula is C16H17N3O4S2. The number of nitrogens with one attached hydrogen (secondary N) is 2. The van der Waals surface area contributed by atoms with Gasteiger partial charge in [0.1, 0.15) is 5.84 Å². The molecule has 0 fully saturated rings.